The fourth-order valence-electron chi connectivity index (χ4n) is 1.65. The third-order valence-corrected chi connectivity index (χ3v) is 2.60. The van der Waals surface area contributed by atoms with Crippen molar-refractivity contribution in [2.24, 2.45) is 0 Å². The normalized spacial score (nSPS) is 11.2. The van der Waals surface area contributed by atoms with Crippen molar-refractivity contribution < 1.29 is 14.6 Å². The van der Waals surface area contributed by atoms with E-state index in [2.05, 4.69) is 5.32 Å². The molecule has 1 amide bonds. The summed E-state index contributed by atoms with van der Waals surface area (Å²) < 4.78 is 5.18. The van der Waals surface area contributed by atoms with Gasteiger partial charge >= 0.3 is 0 Å². The predicted molar refractivity (Wildman–Crippen MR) is 71.9 cm³/mol. The average molecular weight is 251 g/mol. The Kier molecular flexibility index (Phi) is 4.73. The number of aryl methyl sites for hydroxylation is 1. The van der Waals surface area contributed by atoms with Crippen molar-refractivity contribution in [3.05, 3.63) is 23.8 Å². The molecule has 100 valence electrons. The standard InChI is InChI=1S/C14H21NO3/c1-10(16)15-12-9-11(5-6-13(12)18-4)7-8-14(2,3)17/h5-6,9,17H,7-8H2,1-4H3,(H,15,16). The summed E-state index contributed by atoms with van der Waals surface area (Å²) in [7, 11) is 1.57. The lowest BCUT2D eigenvalue weighted by Crippen LogP contribution is -2.19. The minimum Gasteiger partial charge on any atom is -0.495 e. The summed E-state index contributed by atoms with van der Waals surface area (Å²) in [6.07, 6.45) is 1.42. The molecule has 0 radical (unpaired) electrons. The lowest BCUT2D eigenvalue weighted by molar-refractivity contribution is -0.114. The van der Waals surface area contributed by atoms with Crippen LogP contribution in [-0.4, -0.2) is 23.7 Å². The summed E-state index contributed by atoms with van der Waals surface area (Å²) in [5, 5.41) is 12.4. The molecule has 0 bridgehead atoms. The average Bonchev–Trinajstić information content (AvgIpc) is 2.25. The van der Waals surface area contributed by atoms with Crippen LogP contribution in [-0.2, 0) is 11.2 Å². The van der Waals surface area contributed by atoms with Gasteiger partial charge in [0.05, 0.1) is 18.4 Å². The molecule has 4 nitrogen and oxygen atoms in total. The minimum atomic E-state index is -0.686. The second-order valence-corrected chi connectivity index (χ2v) is 5.03. The number of rotatable bonds is 5. The number of anilines is 1. The van der Waals surface area contributed by atoms with Gasteiger partial charge in [0, 0.05) is 6.92 Å². The molecule has 0 saturated carbocycles. The maximum Gasteiger partial charge on any atom is 0.221 e. The van der Waals surface area contributed by atoms with Gasteiger partial charge in [0.2, 0.25) is 5.91 Å². The van der Waals surface area contributed by atoms with Gasteiger partial charge in [0.1, 0.15) is 5.75 Å². The monoisotopic (exact) mass is 251 g/mol. The Labute approximate surface area is 108 Å². The second kappa shape index (κ2) is 5.87. The van der Waals surface area contributed by atoms with Gasteiger partial charge in [-0.15, -0.1) is 0 Å². The fraction of sp³-hybridized carbons (Fsp3) is 0.500. The number of benzene rings is 1. The molecule has 0 fully saturated rings. The number of aliphatic hydroxyl groups is 1. The van der Waals surface area contributed by atoms with Crippen molar-refractivity contribution >= 4 is 11.6 Å². The van der Waals surface area contributed by atoms with E-state index in [4.69, 9.17) is 4.74 Å². The van der Waals surface area contributed by atoms with E-state index in [0.29, 0.717) is 17.9 Å². The van der Waals surface area contributed by atoms with Crippen molar-refractivity contribution in [3.63, 3.8) is 0 Å². The number of hydrogen-bond acceptors (Lipinski definition) is 3. The molecule has 0 saturated heterocycles. The van der Waals surface area contributed by atoms with Crippen LogP contribution in [0.5, 0.6) is 5.75 Å². The van der Waals surface area contributed by atoms with Crippen LogP contribution in [0, 0.1) is 0 Å². The number of methoxy groups -OCH3 is 1. The van der Waals surface area contributed by atoms with Crippen molar-refractivity contribution in [1.29, 1.82) is 0 Å². The molecule has 1 rings (SSSR count). The van der Waals surface area contributed by atoms with E-state index in [1.165, 1.54) is 6.92 Å². The highest BCUT2D eigenvalue weighted by Crippen LogP contribution is 2.26. The summed E-state index contributed by atoms with van der Waals surface area (Å²) in [4.78, 5) is 11.1. The van der Waals surface area contributed by atoms with E-state index in [9.17, 15) is 9.90 Å². The quantitative estimate of drug-likeness (QED) is 0.844. The molecule has 2 N–H and O–H groups in total. The maximum absolute atomic E-state index is 11.1. The SMILES string of the molecule is COc1ccc(CCC(C)(C)O)cc1NC(C)=O. The van der Waals surface area contributed by atoms with Crippen molar-refractivity contribution in [3.8, 4) is 5.75 Å². The summed E-state index contributed by atoms with van der Waals surface area (Å²) in [5.41, 5.74) is 1.04. The maximum atomic E-state index is 11.1. The van der Waals surface area contributed by atoms with Crippen LogP contribution in [0.25, 0.3) is 0 Å². The first-order chi connectivity index (χ1) is 8.31. The molecule has 0 aliphatic carbocycles. The van der Waals surface area contributed by atoms with Gasteiger partial charge in [-0.2, -0.15) is 0 Å². The summed E-state index contributed by atoms with van der Waals surface area (Å²) >= 11 is 0. The lowest BCUT2D eigenvalue weighted by atomic mass is 9.98. The molecule has 0 aliphatic heterocycles. The molecule has 0 atom stereocenters. The molecule has 18 heavy (non-hydrogen) atoms. The molecule has 1 aromatic carbocycles. The smallest absolute Gasteiger partial charge is 0.221 e. The van der Waals surface area contributed by atoms with E-state index >= 15 is 0 Å². The predicted octanol–water partition coefficient (Wildman–Crippen LogP) is 2.36. The number of hydrogen-bond donors (Lipinski definition) is 2. The van der Waals surface area contributed by atoms with Gasteiger partial charge in [-0.25, -0.2) is 0 Å². The van der Waals surface area contributed by atoms with Gasteiger partial charge in [-0.1, -0.05) is 6.07 Å². The first-order valence-electron chi connectivity index (χ1n) is 5.99. The lowest BCUT2D eigenvalue weighted by Gasteiger charge is -2.17. The Hall–Kier alpha value is -1.55. The van der Waals surface area contributed by atoms with Crippen LogP contribution >= 0.6 is 0 Å². The molecule has 0 aromatic heterocycles. The molecular formula is C14H21NO3. The Morgan fingerprint density at radius 1 is 1.44 bits per heavy atom. The van der Waals surface area contributed by atoms with Crippen LogP contribution in [0.2, 0.25) is 0 Å². The van der Waals surface area contributed by atoms with Crippen molar-refractivity contribution in [2.45, 2.75) is 39.2 Å². The molecular weight excluding hydrogens is 230 g/mol. The van der Waals surface area contributed by atoms with Crippen LogP contribution in [0.3, 0.4) is 0 Å². The Morgan fingerprint density at radius 2 is 2.11 bits per heavy atom. The van der Waals surface area contributed by atoms with E-state index in [1.54, 1.807) is 21.0 Å². The van der Waals surface area contributed by atoms with E-state index in [0.717, 1.165) is 12.0 Å². The fourth-order valence-corrected chi connectivity index (χ4v) is 1.65. The summed E-state index contributed by atoms with van der Waals surface area (Å²) in [6.45, 7) is 5.03. The second-order valence-electron chi connectivity index (χ2n) is 5.03. The molecule has 0 spiro atoms. The van der Waals surface area contributed by atoms with Gasteiger partial charge in [-0.05, 0) is 44.4 Å². The van der Waals surface area contributed by atoms with Gasteiger partial charge in [-0.3, -0.25) is 4.79 Å². The highest BCUT2D eigenvalue weighted by molar-refractivity contribution is 5.90. The molecule has 0 unspecified atom stereocenters. The zero-order chi connectivity index (χ0) is 13.8. The number of amides is 1. The Bertz CT molecular complexity index is 422. The zero-order valence-electron chi connectivity index (χ0n) is 11.4. The van der Waals surface area contributed by atoms with Crippen LogP contribution < -0.4 is 10.1 Å². The molecule has 1 aromatic rings. The van der Waals surface area contributed by atoms with Crippen LogP contribution in [0.1, 0.15) is 32.8 Å². The Morgan fingerprint density at radius 3 is 2.61 bits per heavy atom. The number of carbonyl (C=O) groups excluding carboxylic acids is 1. The van der Waals surface area contributed by atoms with Crippen molar-refractivity contribution in [1.82, 2.24) is 0 Å². The number of nitrogens with one attached hydrogen (secondary N) is 1. The van der Waals surface area contributed by atoms with Gasteiger partial charge in [0.15, 0.2) is 0 Å². The highest BCUT2D eigenvalue weighted by atomic mass is 16.5. The Balaban J connectivity index is 2.85. The van der Waals surface area contributed by atoms with Gasteiger partial charge < -0.3 is 15.2 Å². The largest absolute Gasteiger partial charge is 0.495 e. The topological polar surface area (TPSA) is 58.6 Å². The minimum absolute atomic E-state index is 0.132. The van der Waals surface area contributed by atoms with E-state index < -0.39 is 5.60 Å². The number of carbonyl (C=O) groups is 1. The van der Waals surface area contributed by atoms with Crippen LogP contribution in [0.15, 0.2) is 18.2 Å². The molecule has 4 heteroatoms. The first kappa shape index (κ1) is 14.5. The zero-order valence-corrected chi connectivity index (χ0v) is 11.4. The number of ether oxygens (including phenoxy) is 1. The highest BCUT2D eigenvalue weighted by Gasteiger charge is 2.13. The van der Waals surface area contributed by atoms with E-state index in [1.807, 2.05) is 18.2 Å². The third kappa shape index (κ3) is 4.75. The molecule has 0 aliphatic rings. The van der Waals surface area contributed by atoms with E-state index in [-0.39, 0.29) is 5.91 Å². The first-order valence-corrected chi connectivity index (χ1v) is 5.99. The van der Waals surface area contributed by atoms with Crippen LogP contribution in [0.4, 0.5) is 5.69 Å². The summed E-state index contributed by atoms with van der Waals surface area (Å²) in [5.74, 6) is 0.505. The van der Waals surface area contributed by atoms with Crippen molar-refractivity contribution in [2.75, 3.05) is 12.4 Å². The summed E-state index contributed by atoms with van der Waals surface area (Å²) in [6, 6.07) is 5.65. The van der Waals surface area contributed by atoms with Gasteiger partial charge in [0.25, 0.3) is 0 Å². The third-order valence-electron chi connectivity index (χ3n) is 2.60. The molecule has 0 heterocycles.